The molecule has 0 bridgehead atoms. The van der Waals surface area contributed by atoms with E-state index in [1.807, 2.05) is 6.07 Å². The molecule has 0 unspecified atom stereocenters. The number of hydrogen-bond acceptors (Lipinski definition) is 6. The molecule has 0 fully saturated rings. The fraction of sp³-hybridized carbons (Fsp3) is 0. The van der Waals surface area contributed by atoms with Crippen LogP contribution in [0.1, 0.15) is 10.4 Å². The Morgan fingerprint density at radius 1 is 1.04 bits per heavy atom. The summed E-state index contributed by atoms with van der Waals surface area (Å²) in [6.45, 7) is 0. The molecule has 0 aliphatic heterocycles. The molecule has 3 rings (SSSR count). The van der Waals surface area contributed by atoms with Crippen LogP contribution in [0.3, 0.4) is 0 Å². The molecule has 0 saturated heterocycles. The van der Waals surface area contributed by atoms with Crippen molar-refractivity contribution in [3.05, 3.63) is 66.2 Å². The van der Waals surface area contributed by atoms with E-state index < -0.39 is 0 Å². The molecule has 1 amide bonds. The average Bonchev–Trinajstić information content (AvgIpc) is 2.60. The summed E-state index contributed by atoms with van der Waals surface area (Å²) in [5, 5.41) is 26.1. The normalized spacial score (nSPS) is 10.7. The zero-order chi connectivity index (χ0) is 16.9. The Balaban J connectivity index is 1.95. The van der Waals surface area contributed by atoms with Crippen molar-refractivity contribution in [2.24, 2.45) is 0 Å². The number of fused-ring (bicyclic) bond motifs is 1. The van der Waals surface area contributed by atoms with Crippen molar-refractivity contribution in [2.75, 3.05) is 5.32 Å². The molecule has 6 nitrogen and oxygen atoms in total. The number of phenols is 1. The Bertz CT molecular complexity index is 869. The summed E-state index contributed by atoms with van der Waals surface area (Å²) in [7, 11) is 0. The van der Waals surface area contributed by atoms with Gasteiger partial charge in [-0.15, -0.1) is 4.33 Å². The molecule has 122 valence electrons. The van der Waals surface area contributed by atoms with Crippen LogP contribution < -0.4 is 5.32 Å². The zero-order valence-electron chi connectivity index (χ0n) is 12.3. The summed E-state index contributed by atoms with van der Waals surface area (Å²) >= 11 is 0.746. The Morgan fingerprint density at radius 2 is 1.83 bits per heavy atom. The first kappa shape index (κ1) is 16.3. The highest BCUT2D eigenvalue weighted by atomic mass is 32.2. The number of carbonyl (C=O) groups is 1. The highest BCUT2D eigenvalue weighted by molar-refractivity contribution is 7.94. The molecule has 0 aliphatic carbocycles. The van der Waals surface area contributed by atoms with Crippen molar-refractivity contribution >= 4 is 34.4 Å². The van der Waals surface area contributed by atoms with E-state index >= 15 is 0 Å². The minimum Gasteiger partial charge on any atom is -0.507 e. The number of carbonyl (C=O) groups excluding carboxylic acids is 1. The molecule has 0 aromatic heterocycles. The second-order valence-electron chi connectivity index (χ2n) is 4.89. The maximum atomic E-state index is 12.3. The second kappa shape index (κ2) is 7.33. The van der Waals surface area contributed by atoms with Gasteiger partial charge < -0.3 is 10.4 Å². The summed E-state index contributed by atoms with van der Waals surface area (Å²) in [5.41, 5.74) is 1.02. The smallest absolute Gasteiger partial charge is 0.255 e. The minimum atomic E-state index is -0.266. The van der Waals surface area contributed by atoms with E-state index in [1.165, 1.54) is 6.07 Å². The molecular formula is C17H13NO5S. The summed E-state index contributed by atoms with van der Waals surface area (Å²) in [6, 6.07) is 17.3. The highest BCUT2D eigenvalue weighted by Crippen LogP contribution is 2.36. The van der Waals surface area contributed by atoms with E-state index in [1.54, 1.807) is 48.5 Å². The first-order valence-corrected chi connectivity index (χ1v) is 7.70. The monoisotopic (exact) mass is 343 g/mol. The standard InChI is InChI=1S/C17H13NO5S/c19-15-10-13(24-23-22-21)9-12-7-4-8-14(16(12)15)18-17(20)11-5-2-1-3-6-11/h1-10,19,21H,(H,18,20). The van der Waals surface area contributed by atoms with E-state index in [4.69, 9.17) is 5.26 Å². The summed E-state index contributed by atoms with van der Waals surface area (Å²) in [4.78, 5) is 12.8. The quantitative estimate of drug-likeness (QED) is 0.365. The van der Waals surface area contributed by atoms with Crippen LogP contribution in [0, 0.1) is 0 Å². The Kier molecular flexibility index (Phi) is 4.97. The third kappa shape index (κ3) is 3.50. The number of aromatic hydroxyl groups is 1. The van der Waals surface area contributed by atoms with Crippen LogP contribution in [0.5, 0.6) is 5.75 Å². The Morgan fingerprint density at radius 3 is 2.58 bits per heavy atom. The van der Waals surface area contributed by atoms with Crippen LogP contribution in [0.4, 0.5) is 5.69 Å². The van der Waals surface area contributed by atoms with Gasteiger partial charge in [0.2, 0.25) is 0 Å². The van der Waals surface area contributed by atoms with Crippen LogP contribution in [-0.4, -0.2) is 16.3 Å². The lowest BCUT2D eigenvalue weighted by Crippen LogP contribution is -2.11. The molecule has 0 saturated carbocycles. The number of amides is 1. The van der Waals surface area contributed by atoms with Gasteiger partial charge in [0.15, 0.2) is 0 Å². The number of hydrogen-bond donors (Lipinski definition) is 3. The van der Waals surface area contributed by atoms with E-state index in [-0.39, 0.29) is 11.7 Å². The third-order valence-corrected chi connectivity index (χ3v) is 3.93. The van der Waals surface area contributed by atoms with Gasteiger partial charge in [0.05, 0.1) is 17.7 Å². The number of anilines is 1. The van der Waals surface area contributed by atoms with Crippen LogP contribution in [-0.2, 0) is 9.37 Å². The molecule has 7 heteroatoms. The largest absolute Gasteiger partial charge is 0.507 e. The van der Waals surface area contributed by atoms with E-state index in [0.29, 0.717) is 26.9 Å². The summed E-state index contributed by atoms with van der Waals surface area (Å²) in [5.74, 6) is -0.293. The number of phenolic OH excluding ortho intramolecular Hbond substituents is 1. The maximum absolute atomic E-state index is 12.3. The summed E-state index contributed by atoms with van der Waals surface area (Å²) in [6.07, 6.45) is 0. The fourth-order valence-corrected chi connectivity index (χ4v) is 2.81. The van der Waals surface area contributed by atoms with Crippen molar-refractivity contribution < 1.29 is 24.5 Å². The molecular weight excluding hydrogens is 330 g/mol. The lowest BCUT2D eigenvalue weighted by atomic mass is 10.1. The van der Waals surface area contributed by atoms with Gasteiger partial charge in [0.25, 0.3) is 5.91 Å². The molecule has 0 heterocycles. The van der Waals surface area contributed by atoms with E-state index in [2.05, 4.69) is 14.7 Å². The first-order chi connectivity index (χ1) is 11.7. The number of rotatable bonds is 5. The molecule has 3 aromatic carbocycles. The lowest BCUT2D eigenvalue weighted by molar-refractivity contribution is -0.432. The summed E-state index contributed by atoms with van der Waals surface area (Å²) < 4.78 is 4.37. The molecule has 3 N–H and O–H groups in total. The minimum absolute atomic E-state index is 0.0273. The predicted octanol–water partition coefficient (Wildman–Crippen LogP) is 4.23. The van der Waals surface area contributed by atoms with Crippen molar-refractivity contribution in [1.82, 2.24) is 0 Å². The van der Waals surface area contributed by atoms with Gasteiger partial charge in [-0.2, -0.15) is 0 Å². The topological polar surface area (TPSA) is 88.0 Å². The van der Waals surface area contributed by atoms with Crippen LogP contribution in [0.15, 0.2) is 65.6 Å². The van der Waals surface area contributed by atoms with Gasteiger partial charge >= 0.3 is 0 Å². The van der Waals surface area contributed by atoms with Gasteiger partial charge in [-0.1, -0.05) is 35.4 Å². The van der Waals surface area contributed by atoms with Crippen molar-refractivity contribution in [3.8, 4) is 5.75 Å². The maximum Gasteiger partial charge on any atom is 0.255 e. The third-order valence-electron chi connectivity index (χ3n) is 3.37. The van der Waals surface area contributed by atoms with Crippen LogP contribution in [0.2, 0.25) is 0 Å². The predicted molar refractivity (Wildman–Crippen MR) is 90.7 cm³/mol. The fourth-order valence-electron chi connectivity index (χ4n) is 2.37. The average molecular weight is 343 g/mol. The lowest BCUT2D eigenvalue weighted by Gasteiger charge is -2.11. The van der Waals surface area contributed by atoms with E-state index in [0.717, 1.165) is 12.0 Å². The highest BCUT2D eigenvalue weighted by Gasteiger charge is 2.12. The van der Waals surface area contributed by atoms with Crippen molar-refractivity contribution in [2.45, 2.75) is 4.90 Å². The van der Waals surface area contributed by atoms with E-state index in [9.17, 15) is 9.90 Å². The number of benzene rings is 3. The molecule has 0 atom stereocenters. The molecule has 3 aromatic rings. The Hall–Kier alpha value is -2.58. The number of nitrogens with one attached hydrogen (secondary N) is 1. The van der Waals surface area contributed by atoms with Crippen LogP contribution >= 0.6 is 12.0 Å². The molecule has 0 aliphatic rings. The van der Waals surface area contributed by atoms with Crippen molar-refractivity contribution in [3.63, 3.8) is 0 Å². The SMILES string of the molecule is O=C(Nc1cccc2cc(SOOO)cc(O)c12)c1ccccc1. The first-order valence-electron chi connectivity index (χ1n) is 6.96. The van der Waals surface area contributed by atoms with Gasteiger partial charge in [0, 0.05) is 15.8 Å². The van der Waals surface area contributed by atoms with Crippen LogP contribution in [0.25, 0.3) is 10.8 Å². The van der Waals surface area contributed by atoms with Crippen molar-refractivity contribution in [1.29, 1.82) is 0 Å². The molecule has 24 heavy (non-hydrogen) atoms. The Labute approximate surface area is 141 Å². The zero-order valence-corrected chi connectivity index (χ0v) is 13.1. The van der Waals surface area contributed by atoms with Gasteiger partial charge in [-0.3, -0.25) is 4.79 Å². The molecule has 0 radical (unpaired) electrons. The molecule has 0 spiro atoms. The van der Waals surface area contributed by atoms with Gasteiger partial charge in [-0.05, 0) is 35.7 Å². The van der Waals surface area contributed by atoms with Gasteiger partial charge in [0.1, 0.15) is 5.75 Å². The van der Waals surface area contributed by atoms with Gasteiger partial charge in [-0.25, -0.2) is 5.26 Å². The second-order valence-corrected chi connectivity index (χ2v) is 5.67.